The Balaban J connectivity index is 1.46. The molecule has 118 valence electrons. The molecule has 4 fully saturated rings. The monoisotopic (exact) mass is 294 g/mol. The minimum Gasteiger partial charge on any atom is -0.395 e. The number of aliphatic hydroxyl groups excluding tert-OH is 1. The van der Waals surface area contributed by atoms with Gasteiger partial charge in [-0.3, -0.25) is 0 Å². The summed E-state index contributed by atoms with van der Waals surface area (Å²) in [6.45, 7) is 1.36. The summed E-state index contributed by atoms with van der Waals surface area (Å²) < 4.78 is 5.96. The van der Waals surface area contributed by atoms with Crippen LogP contribution in [0.5, 0.6) is 0 Å². The number of carbonyl (C=O) groups excluding carboxylic acids is 1. The van der Waals surface area contributed by atoms with E-state index in [-0.39, 0.29) is 18.1 Å². The number of ether oxygens (including phenoxy) is 1. The van der Waals surface area contributed by atoms with E-state index >= 15 is 0 Å². The van der Waals surface area contributed by atoms with Crippen molar-refractivity contribution in [3.05, 3.63) is 0 Å². The van der Waals surface area contributed by atoms with Crippen LogP contribution in [0.1, 0.15) is 44.9 Å². The van der Waals surface area contributed by atoms with E-state index in [0.29, 0.717) is 30.7 Å². The molecule has 3 unspecified atom stereocenters. The molecule has 0 aromatic rings. The standard InChI is InChI=1S/C16H26N2O3/c19-9-8-18(11-3-4-11)15(20)17-13-12-5-10-21-14(12)16(13)6-1-2-7-16/h11-14,19H,1-10H2,(H,17,20). The lowest BCUT2D eigenvalue weighted by atomic mass is 9.54. The number of nitrogens with zero attached hydrogens (tertiary/aromatic N) is 1. The molecule has 2 amide bonds. The van der Waals surface area contributed by atoms with E-state index in [1.54, 1.807) is 0 Å². The number of hydrogen-bond acceptors (Lipinski definition) is 3. The Hall–Kier alpha value is -0.810. The molecular formula is C16H26N2O3. The lowest BCUT2D eigenvalue weighted by Gasteiger charge is -2.57. The first kappa shape index (κ1) is 13.8. The minimum absolute atomic E-state index is 0.0353. The molecule has 2 N–H and O–H groups in total. The number of aliphatic hydroxyl groups is 1. The zero-order valence-electron chi connectivity index (χ0n) is 12.6. The van der Waals surface area contributed by atoms with Gasteiger partial charge in [0.2, 0.25) is 0 Å². The maximum atomic E-state index is 12.6. The molecule has 4 aliphatic rings. The van der Waals surface area contributed by atoms with E-state index in [4.69, 9.17) is 4.74 Å². The molecule has 21 heavy (non-hydrogen) atoms. The van der Waals surface area contributed by atoms with E-state index < -0.39 is 0 Å². The predicted octanol–water partition coefficient (Wildman–Crippen LogP) is 1.50. The molecular weight excluding hydrogens is 268 g/mol. The zero-order valence-corrected chi connectivity index (χ0v) is 12.6. The molecule has 1 spiro atoms. The second kappa shape index (κ2) is 5.13. The largest absolute Gasteiger partial charge is 0.395 e. The van der Waals surface area contributed by atoms with Crippen molar-refractivity contribution >= 4 is 6.03 Å². The van der Waals surface area contributed by atoms with Crippen LogP contribution in [0.2, 0.25) is 0 Å². The lowest BCUT2D eigenvalue weighted by Crippen LogP contribution is -2.69. The highest BCUT2D eigenvalue weighted by Crippen LogP contribution is 2.60. The quantitative estimate of drug-likeness (QED) is 0.826. The van der Waals surface area contributed by atoms with Crippen molar-refractivity contribution in [2.45, 2.75) is 63.1 Å². The molecule has 4 rings (SSSR count). The average molecular weight is 294 g/mol. The van der Waals surface area contributed by atoms with Gasteiger partial charge >= 0.3 is 6.03 Å². The molecule has 3 aliphatic carbocycles. The molecule has 3 atom stereocenters. The smallest absolute Gasteiger partial charge is 0.317 e. The topological polar surface area (TPSA) is 61.8 Å². The van der Waals surface area contributed by atoms with Gasteiger partial charge < -0.3 is 20.1 Å². The number of fused-ring (bicyclic) bond motifs is 2. The zero-order chi connectivity index (χ0) is 14.4. The highest BCUT2D eigenvalue weighted by atomic mass is 16.5. The van der Waals surface area contributed by atoms with Crippen LogP contribution in [0.3, 0.4) is 0 Å². The van der Waals surface area contributed by atoms with Gasteiger partial charge in [-0.2, -0.15) is 0 Å². The Morgan fingerprint density at radius 2 is 2.05 bits per heavy atom. The van der Waals surface area contributed by atoms with Crippen molar-refractivity contribution in [2.24, 2.45) is 11.3 Å². The van der Waals surface area contributed by atoms with Gasteiger partial charge in [0.1, 0.15) is 0 Å². The van der Waals surface area contributed by atoms with Crippen molar-refractivity contribution in [3.8, 4) is 0 Å². The van der Waals surface area contributed by atoms with E-state index in [1.807, 2.05) is 4.90 Å². The molecule has 1 saturated heterocycles. The number of urea groups is 1. The fourth-order valence-corrected chi connectivity index (χ4v) is 5.06. The van der Waals surface area contributed by atoms with Gasteiger partial charge in [-0.1, -0.05) is 12.8 Å². The van der Waals surface area contributed by atoms with Crippen molar-refractivity contribution in [1.82, 2.24) is 10.2 Å². The third-order valence-corrected chi connectivity index (χ3v) is 6.15. The molecule has 0 aromatic heterocycles. The number of amides is 2. The van der Waals surface area contributed by atoms with Crippen LogP contribution >= 0.6 is 0 Å². The molecule has 1 heterocycles. The van der Waals surface area contributed by atoms with Crippen molar-refractivity contribution in [2.75, 3.05) is 19.8 Å². The van der Waals surface area contributed by atoms with Gasteiger partial charge in [-0.05, 0) is 32.1 Å². The highest BCUT2D eigenvalue weighted by molar-refractivity contribution is 5.75. The Morgan fingerprint density at radius 1 is 1.29 bits per heavy atom. The second-order valence-electron chi connectivity index (χ2n) is 7.26. The van der Waals surface area contributed by atoms with Gasteiger partial charge in [-0.15, -0.1) is 0 Å². The van der Waals surface area contributed by atoms with Gasteiger partial charge in [-0.25, -0.2) is 4.79 Å². The van der Waals surface area contributed by atoms with Crippen molar-refractivity contribution in [1.29, 1.82) is 0 Å². The third kappa shape index (κ3) is 2.08. The molecule has 5 heteroatoms. The first-order valence-electron chi connectivity index (χ1n) is 8.56. The Morgan fingerprint density at radius 3 is 2.71 bits per heavy atom. The number of nitrogens with one attached hydrogen (secondary N) is 1. The Kier molecular flexibility index (Phi) is 3.38. The Labute approximate surface area is 126 Å². The van der Waals surface area contributed by atoms with Gasteiger partial charge in [0.05, 0.1) is 12.7 Å². The maximum Gasteiger partial charge on any atom is 0.317 e. The molecule has 0 aromatic carbocycles. The van der Waals surface area contributed by atoms with Crippen LogP contribution in [0, 0.1) is 11.3 Å². The molecule has 5 nitrogen and oxygen atoms in total. The van der Waals surface area contributed by atoms with Crippen molar-refractivity contribution < 1.29 is 14.6 Å². The fourth-order valence-electron chi connectivity index (χ4n) is 5.06. The summed E-state index contributed by atoms with van der Waals surface area (Å²) in [5.41, 5.74) is 0.214. The van der Waals surface area contributed by atoms with Crippen LogP contribution < -0.4 is 5.32 Å². The molecule has 0 bridgehead atoms. The van der Waals surface area contributed by atoms with Gasteiger partial charge in [0.15, 0.2) is 0 Å². The summed E-state index contributed by atoms with van der Waals surface area (Å²) in [5.74, 6) is 0.516. The predicted molar refractivity (Wildman–Crippen MR) is 77.9 cm³/mol. The van der Waals surface area contributed by atoms with Gasteiger partial charge in [0.25, 0.3) is 0 Å². The average Bonchev–Trinajstić information content (AvgIpc) is 3.02. The SMILES string of the molecule is O=C(NC1C2CCOC2C12CCCC2)N(CCO)C1CC1. The Bertz CT molecular complexity index is 418. The maximum absolute atomic E-state index is 12.6. The fraction of sp³-hybridized carbons (Fsp3) is 0.938. The molecule has 1 aliphatic heterocycles. The van der Waals surface area contributed by atoms with Crippen LogP contribution in [-0.4, -0.2) is 54.0 Å². The number of hydrogen-bond donors (Lipinski definition) is 2. The summed E-state index contributed by atoms with van der Waals surface area (Å²) in [6.07, 6.45) is 8.56. The van der Waals surface area contributed by atoms with Crippen molar-refractivity contribution in [3.63, 3.8) is 0 Å². The summed E-state index contributed by atoms with van der Waals surface area (Å²) >= 11 is 0. The highest BCUT2D eigenvalue weighted by Gasteiger charge is 2.65. The van der Waals surface area contributed by atoms with Crippen LogP contribution in [0.4, 0.5) is 4.79 Å². The summed E-state index contributed by atoms with van der Waals surface area (Å²) in [6, 6.07) is 0.681. The third-order valence-electron chi connectivity index (χ3n) is 6.15. The first-order chi connectivity index (χ1) is 10.3. The lowest BCUT2D eigenvalue weighted by molar-refractivity contribution is -0.127. The second-order valence-corrected chi connectivity index (χ2v) is 7.26. The first-order valence-corrected chi connectivity index (χ1v) is 8.56. The van der Waals surface area contributed by atoms with E-state index in [9.17, 15) is 9.90 Å². The van der Waals surface area contributed by atoms with E-state index in [0.717, 1.165) is 25.9 Å². The molecule has 0 radical (unpaired) electrons. The van der Waals surface area contributed by atoms with E-state index in [2.05, 4.69) is 5.32 Å². The minimum atomic E-state index is 0.0353. The van der Waals surface area contributed by atoms with Gasteiger partial charge in [0, 0.05) is 36.6 Å². The summed E-state index contributed by atoms with van der Waals surface area (Å²) in [5, 5.41) is 12.5. The van der Waals surface area contributed by atoms with Crippen LogP contribution in [-0.2, 0) is 4.74 Å². The summed E-state index contributed by atoms with van der Waals surface area (Å²) in [7, 11) is 0. The number of carbonyl (C=O) groups is 1. The normalized spacial score (nSPS) is 36.3. The molecule has 3 saturated carbocycles. The van der Waals surface area contributed by atoms with Crippen LogP contribution in [0.15, 0.2) is 0 Å². The van der Waals surface area contributed by atoms with E-state index in [1.165, 1.54) is 25.7 Å². The van der Waals surface area contributed by atoms with Crippen LogP contribution in [0.25, 0.3) is 0 Å². The number of rotatable bonds is 4. The summed E-state index contributed by atoms with van der Waals surface area (Å²) in [4.78, 5) is 14.4.